The van der Waals surface area contributed by atoms with Crippen LogP contribution >= 0.6 is 27.3 Å². The van der Waals surface area contributed by atoms with Gasteiger partial charge in [0, 0.05) is 27.7 Å². The average Bonchev–Trinajstić information content (AvgIpc) is 2.83. The number of nitrogens with one attached hydrogen (secondary N) is 1. The lowest BCUT2D eigenvalue weighted by Crippen LogP contribution is -2.18. The normalized spacial score (nSPS) is 11.3. The molecule has 1 aromatic carbocycles. The Bertz CT molecular complexity index is 567. The summed E-state index contributed by atoms with van der Waals surface area (Å²) in [7, 11) is 0. The molecule has 0 amide bonds. The van der Waals surface area contributed by atoms with Crippen molar-refractivity contribution in [3.8, 4) is 10.6 Å². The number of halogens is 1. The molecule has 0 bridgehead atoms. The van der Waals surface area contributed by atoms with Crippen molar-refractivity contribution >= 4 is 27.3 Å². The zero-order valence-corrected chi connectivity index (χ0v) is 14.9. The quantitative estimate of drug-likeness (QED) is 0.824. The first-order valence-corrected chi connectivity index (χ1v) is 8.51. The number of aryl methyl sites for hydroxylation is 2. The minimum atomic E-state index is 0.680. The monoisotopic (exact) mass is 352 g/mol. The Morgan fingerprint density at radius 2 is 1.90 bits per heavy atom. The van der Waals surface area contributed by atoms with Gasteiger partial charge < -0.3 is 5.32 Å². The number of hydrogen-bond donors (Lipinski definition) is 1. The molecule has 0 saturated heterocycles. The molecule has 1 heterocycles. The highest BCUT2D eigenvalue weighted by Crippen LogP contribution is 2.30. The number of rotatable bonds is 5. The Hall–Kier alpha value is -0.710. The molecule has 1 aromatic heterocycles. The molecule has 0 aliphatic carbocycles. The van der Waals surface area contributed by atoms with E-state index < -0.39 is 0 Å². The van der Waals surface area contributed by atoms with Gasteiger partial charge in [-0.1, -0.05) is 29.8 Å². The number of thiazole rings is 1. The van der Waals surface area contributed by atoms with Gasteiger partial charge in [0.2, 0.25) is 0 Å². The van der Waals surface area contributed by atoms with Gasteiger partial charge in [-0.3, -0.25) is 0 Å². The summed E-state index contributed by atoms with van der Waals surface area (Å²) in [6, 6.07) is 4.39. The SMILES string of the molecule is Cc1cc(-c2ncc(CNCC(C)C)s2)cc(C)c1Br. The van der Waals surface area contributed by atoms with Crippen LogP contribution in [0.5, 0.6) is 0 Å². The van der Waals surface area contributed by atoms with Gasteiger partial charge in [0.1, 0.15) is 5.01 Å². The molecular weight excluding hydrogens is 332 g/mol. The molecule has 0 fully saturated rings. The fourth-order valence-corrected chi connectivity index (χ4v) is 3.17. The van der Waals surface area contributed by atoms with Crippen LogP contribution in [0.1, 0.15) is 29.9 Å². The topological polar surface area (TPSA) is 24.9 Å². The lowest BCUT2D eigenvalue weighted by atomic mass is 10.1. The molecule has 0 aliphatic heterocycles. The lowest BCUT2D eigenvalue weighted by Gasteiger charge is -2.06. The van der Waals surface area contributed by atoms with Gasteiger partial charge in [0.25, 0.3) is 0 Å². The van der Waals surface area contributed by atoms with Crippen molar-refractivity contribution in [3.63, 3.8) is 0 Å². The van der Waals surface area contributed by atoms with E-state index >= 15 is 0 Å². The molecule has 0 spiro atoms. The minimum Gasteiger partial charge on any atom is -0.312 e. The molecule has 4 heteroatoms. The van der Waals surface area contributed by atoms with Gasteiger partial charge in [-0.15, -0.1) is 11.3 Å². The third kappa shape index (κ3) is 3.90. The Kier molecular flexibility index (Phi) is 5.35. The van der Waals surface area contributed by atoms with E-state index in [0.29, 0.717) is 5.92 Å². The summed E-state index contributed by atoms with van der Waals surface area (Å²) in [5.41, 5.74) is 3.73. The molecule has 2 aromatic rings. The van der Waals surface area contributed by atoms with Crippen LogP contribution in [-0.2, 0) is 6.54 Å². The second kappa shape index (κ2) is 6.83. The molecule has 2 rings (SSSR count). The molecule has 0 unspecified atom stereocenters. The second-order valence-electron chi connectivity index (χ2n) is 5.58. The van der Waals surface area contributed by atoms with Gasteiger partial charge >= 0.3 is 0 Å². The lowest BCUT2D eigenvalue weighted by molar-refractivity contribution is 0.554. The van der Waals surface area contributed by atoms with Crippen molar-refractivity contribution in [2.45, 2.75) is 34.2 Å². The Morgan fingerprint density at radius 1 is 1.25 bits per heavy atom. The van der Waals surface area contributed by atoms with Crippen LogP contribution < -0.4 is 5.32 Å². The maximum Gasteiger partial charge on any atom is 0.123 e. The summed E-state index contributed by atoms with van der Waals surface area (Å²) in [4.78, 5) is 5.85. The van der Waals surface area contributed by atoms with E-state index in [1.54, 1.807) is 11.3 Å². The summed E-state index contributed by atoms with van der Waals surface area (Å²) >= 11 is 5.38. The van der Waals surface area contributed by atoms with Crippen molar-refractivity contribution < 1.29 is 0 Å². The number of aromatic nitrogens is 1. The van der Waals surface area contributed by atoms with Crippen LogP contribution in [0.4, 0.5) is 0 Å². The minimum absolute atomic E-state index is 0.680. The maximum absolute atomic E-state index is 4.56. The predicted octanol–water partition coefficient (Wildman–Crippen LogP) is 4.94. The van der Waals surface area contributed by atoms with Crippen LogP contribution in [0.25, 0.3) is 10.6 Å². The van der Waals surface area contributed by atoms with E-state index in [4.69, 9.17) is 0 Å². The van der Waals surface area contributed by atoms with Gasteiger partial charge in [-0.25, -0.2) is 4.98 Å². The maximum atomic E-state index is 4.56. The van der Waals surface area contributed by atoms with E-state index in [2.05, 4.69) is 66.1 Å². The Balaban J connectivity index is 2.12. The molecular formula is C16H21BrN2S. The molecule has 0 radical (unpaired) electrons. The van der Waals surface area contributed by atoms with Crippen LogP contribution in [0.2, 0.25) is 0 Å². The van der Waals surface area contributed by atoms with Gasteiger partial charge in [0.15, 0.2) is 0 Å². The van der Waals surface area contributed by atoms with E-state index in [0.717, 1.165) is 18.1 Å². The summed E-state index contributed by atoms with van der Waals surface area (Å²) in [6.07, 6.45) is 1.99. The Morgan fingerprint density at radius 3 is 2.50 bits per heavy atom. The van der Waals surface area contributed by atoms with E-state index in [1.165, 1.54) is 26.0 Å². The van der Waals surface area contributed by atoms with Crippen LogP contribution in [0.3, 0.4) is 0 Å². The second-order valence-corrected chi connectivity index (χ2v) is 7.49. The van der Waals surface area contributed by atoms with E-state index in [-0.39, 0.29) is 0 Å². The molecule has 0 aliphatic rings. The third-order valence-electron chi connectivity index (χ3n) is 3.09. The molecule has 0 atom stereocenters. The van der Waals surface area contributed by atoms with E-state index in [1.807, 2.05) is 6.20 Å². The number of hydrogen-bond acceptors (Lipinski definition) is 3. The highest BCUT2D eigenvalue weighted by atomic mass is 79.9. The van der Waals surface area contributed by atoms with Crippen LogP contribution in [0.15, 0.2) is 22.8 Å². The third-order valence-corrected chi connectivity index (χ3v) is 5.39. The van der Waals surface area contributed by atoms with Crippen LogP contribution in [-0.4, -0.2) is 11.5 Å². The average molecular weight is 353 g/mol. The molecule has 20 heavy (non-hydrogen) atoms. The zero-order valence-electron chi connectivity index (χ0n) is 12.5. The molecule has 2 nitrogen and oxygen atoms in total. The van der Waals surface area contributed by atoms with E-state index in [9.17, 15) is 0 Å². The molecule has 108 valence electrons. The molecule has 0 saturated carbocycles. The van der Waals surface area contributed by atoms with Crippen LogP contribution in [0, 0.1) is 19.8 Å². The van der Waals surface area contributed by atoms with Gasteiger partial charge in [0.05, 0.1) is 0 Å². The first kappa shape index (κ1) is 15.7. The first-order valence-electron chi connectivity index (χ1n) is 6.90. The van der Waals surface area contributed by atoms with Gasteiger partial charge in [-0.05, 0) is 49.6 Å². The number of nitrogens with zero attached hydrogens (tertiary/aromatic N) is 1. The summed E-state index contributed by atoms with van der Waals surface area (Å²) in [5, 5.41) is 4.56. The summed E-state index contributed by atoms with van der Waals surface area (Å²) in [5.74, 6) is 0.680. The van der Waals surface area contributed by atoms with Gasteiger partial charge in [-0.2, -0.15) is 0 Å². The fraction of sp³-hybridized carbons (Fsp3) is 0.438. The first-order chi connectivity index (χ1) is 9.47. The molecule has 1 N–H and O–H groups in total. The highest BCUT2D eigenvalue weighted by molar-refractivity contribution is 9.10. The van der Waals surface area contributed by atoms with Crippen molar-refractivity contribution in [2.24, 2.45) is 5.92 Å². The summed E-state index contributed by atoms with van der Waals surface area (Å²) < 4.78 is 1.19. The largest absolute Gasteiger partial charge is 0.312 e. The van der Waals surface area contributed by atoms with Crippen molar-refractivity contribution in [1.29, 1.82) is 0 Å². The van der Waals surface area contributed by atoms with Crippen molar-refractivity contribution in [1.82, 2.24) is 10.3 Å². The zero-order chi connectivity index (χ0) is 14.7. The summed E-state index contributed by atoms with van der Waals surface area (Å²) in [6.45, 7) is 10.6. The van der Waals surface area contributed by atoms with Crippen molar-refractivity contribution in [3.05, 3.63) is 38.8 Å². The number of benzene rings is 1. The fourth-order valence-electron chi connectivity index (χ4n) is 2.08. The van der Waals surface area contributed by atoms with Crippen molar-refractivity contribution in [2.75, 3.05) is 6.54 Å². The highest BCUT2D eigenvalue weighted by Gasteiger charge is 2.08. The predicted molar refractivity (Wildman–Crippen MR) is 91.3 cm³/mol. The smallest absolute Gasteiger partial charge is 0.123 e. The standard InChI is InChI=1S/C16H21BrN2S/c1-10(2)7-18-8-14-9-19-16(20-14)13-5-11(3)15(17)12(4)6-13/h5-6,9-10,18H,7-8H2,1-4H3. The Labute approximate surface area is 133 Å².